The third kappa shape index (κ3) is 3.11. The molecule has 0 radical (unpaired) electrons. The summed E-state index contributed by atoms with van der Waals surface area (Å²) in [7, 11) is 0. The van der Waals surface area contributed by atoms with E-state index in [2.05, 4.69) is 12.0 Å². The monoisotopic (exact) mass is 284 g/mol. The minimum absolute atomic E-state index is 0.332. The highest BCUT2D eigenvalue weighted by molar-refractivity contribution is 7.99. The van der Waals surface area contributed by atoms with E-state index in [4.69, 9.17) is 21.5 Å². The zero-order valence-corrected chi connectivity index (χ0v) is 11.4. The summed E-state index contributed by atoms with van der Waals surface area (Å²) in [6.45, 7) is 2.42. The van der Waals surface area contributed by atoms with Crippen LogP contribution >= 0.6 is 23.4 Å². The molecular formula is C12H13ClN2O2S. The Labute approximate surface area is 114 Å². The lowest BCUT2D eigenvalue weighted by Crippen LogP contribution is -2.00. The van der Waals surface area contributed by atoms with Crippen LogP contribution in [0, 0.1) is 0 Å². The molecule has 0 saturated heterocycles. The Bertz CT molecular complexity index is 531. The molecule has 1 aromatic carbocycles. The summed E-state index contributed by atoms with van der Waals surface area (Å²) in [5.41, 5.74) is 0.943. The van der Waals surface area contributed by atoms with Crippen LogP contribution in [0.1, 0.15) is 12.5 Å². The molecule has 6 heteroatoms. The average molecular weight is 285 g/mol. The molecule has 1 N–H and O–H groups in total. The quantitative estimate of drug-likeness (QED) is 0.675. The van der Waals surface area contributed by atoms with Crippen LogP contribution in [0.4, 0.5) is 0 Å². The van der Waals surface area contributed by atoms with Gasteiger partial charge in [-0.05, 0) is 17.9 Å². The number of hydrogen-bond donors (Lipinski definition) is 1. The first-order valence-electron chi connectivity index (χ1n) is 5.48. The summed E-state index contributed by atoms with van der Waals surface area (Å²) in [6, 6.07) is 7.36. The van der Waals surface area contributed by atoms with Gasteiger partial charge in [-0.15, -0.1) is 16.6 Å². The van der Waals surface area contributed by atoms with Gasteiger partial charge in [0, 0.05) is 21.5 Å². The summed E-state index contributed by atoms with van der Waals surface area (Å²) in [6.07, 6.45) is 1.41. The third-order valence-corrected chi connectivity index (χ3v) is 3.63. The summed E-state index contributed by atoms with van der Waals surface area (Å²) in [5, 5.41) is 13.4. The van der Waals surface area contributed by atoms with E-state index in [1.807, 2.05) is 18.2 Å². The summed E-state index contributed by atoms with van der Waals surface area (Å²) >= 11 is 7.89. The molecular weight excluding hydrogens is 272 g/mol. The smallest absolute Gasteiger partial charge is 0.236 e. The van der Waals surface area contributed by atoms with Crippen LogP contribution < -0.4 is 4.74 Å². The van der Waals surface area contributed by atoms with Crippen molar-refractivity contribution in [1.29, 1.82) is 0 Å². The van der Waals surface area contributed by atoms with Gasteiger partial charge in [0.2, 0.25) is 5.88 Å². The molecule has 0 fully saturated rings. The number of aromatic nitrogens is 2. The Hall–Kier alpha value is -1.33. The molecule has 0 bridgehead atoms. The van der Waals surface area contributed by atoms with Crippen molar-refractivity contribution in [2.45, 2.75) is 18.4 Å². The minimum Gasteiger partial charge on any atom is -0.472 e. The van der Waals surface area contributed by atoms with E-state index >= 15 is 0 Å². The maximum atomic E-state index is 9.04. The van der Waals surface area contributed by atoms with Crippen molar-refractivity contribution in [3.63, 3.8) is 0 Å². The molecule has 0 atom stereocenters. The van der Waals surface area contributed by atoms with Crippen LogP contribution in [-0.4, -0.2) is 20.9 Å². The molecule has 0 aliphatic carbocycles. The van der Waals surface area contributed by atoms with Crippen molar-refractivity contribution in [3.8, 4) is 5.88 Å². The first-order valence-corrected chi connectivity index (χ1v) is 6.85. The van der Waals surface area contributed by atoms with E-state index in [0.717, 1.165) is 16.2 Å². The zero-order chi connectivity index (χ0) is 13.0. The van der Waals surface area contributed by atoms with Gasteiger partial charge in [0.25, 0.3) is 0 Å². The Morgan fingerprint density at radius 2 is 2.28 bits per heavy atom. The molecule has 1 aromatic heterocycles. The fourth-order valence-corrected chi connectivity index (χ4v) is 2.60. The molecule has 0 aliphatic rings. The Morgan fingerprint density at radius 1 is 1.44 bits per heavy atom. The standard InChI is InChI=1S/C12H13ClN2O2S/c1-2-18-11-5-3-4-10(13)9(11)8-17-12-6-7-15(16)14-12/h3-7,16H,2,8H2,1H3. The molecule has 18 heavy (non-hydrogen) atoms. The molecule has 0 amide bonds. The summed E-state index contributed by atoms with van der Waals surface area (Å²) in [5.74, 6) is 1.34. The van der Waals surface area contributed by atoms with E-state index in [0.29, 0.717) is 22.4 Å². The highest BCUT2D eigenvalue weighted by Crippen LogP contribution is 2.29. The number of hydrogen-bond acceptors (Lipinski definition) is 4. The lowest BCUT2D eigenvalue weighted by molar-refractivity contribution is 0.141. The van der Waals surface area contributed by atoms with Gasteiger partial charge in [-0.1, -0.05) is 29.7 Å². The van der Waals surface area contributed by atoms with Crippen molar-refractivity contribution < 1.29 is 9.94 Å². The molecule has 0 aliphatic heterocycles. The molecule has 0 unspecified atom stereocenters. The molecule has 1 heterocycles. The van der Waals surface area contributed by atoms with Crippen LogP contribution in [0.25, 0.3) is 0 Å². The van der Waals surface area contributed by atoms with E-state index in [9.17, 15) is 0 Å². The van der Waals surface area contributed by atoms with Gasteiger partial charge in [0.15, 0.2) is 0 Å². The van der Waals surface area contributed by atoms with Gasteiger partial charge in [-0.25, -0.2) is 0 Å². The van der Waals surface area contributed by atoms with Crippen molar-refractivity contribution in [2.24, 2.45) is 0 Å². The second-order valence-corrected chi connectivity index (χ2v) is 5.23. The summed E-state index contributed by atoms with van der Waals surface area (Å²) < 4.78 is 5.49. The van der Waals surface area contributed by atoms with E-state index in [1.54, 1.807) is 17.8 Å². The maximum Gasteiger partial charge on any atom is 0.236 e. The number of halogens is 1. The van der Waals surface area contributed by atoms with Crippen molar-refractivity contribution in [3.05, 3.63) is 41.0 Å². The van der Waals surface area contributed by atoms with Gasteiger partial charge in [-0.3, -0.25) is 0 Å². The largest absolute Gasteiger partial charge is 0.472 e. The van der Waals surface area contributed by atoms with Crippen LogP contribution in [0.15, 0.2) is 35.4 Å². The van der Waals surface area contributed by atoms with Crippen LogP contribution in [0.2, 0.25) is 5.02 Å². The Morgan fingerprint density at radius 3 is 2.94 bits per heavy atom. The molecule has 4 nitrogen and oxygen atoms in total. The van der Waals surface area contributed by atoms with E-state index in [-0.39, 0.29) is 0 Å². The second kappa shape index (κ2) is 6.02. The first-order chi connectivity index (χ1) is 8.70. The zero-order valence-electron chi connectivity index (χ0n) is 9.84. The Kier molecular flexibility index (Phi) is 4.38. The van der Waals surface area contributed by atoms with Gasteiger partial charge in [0.1, 0.15) is 6.61 Å². The van der Waals surface area contributed by atoms with E-state index in [1.165, 1.54) is 6.20 Å². The highest BCUT2D eigenvalue weighted by Gasteiger charge is 2.09. The van der Waals surface area contributed by atoms with Crippen molar-refractivity contribution in [2.75, 3.05) is 5.75 Å². The third-order valence-electron chi connectivity index (χ3n) is 2.29. The van der Waals surface area contributed by atoms with Gasteiger partial charge < -0.3 is 9.94 Å². The number of thioether (sulfide) groups is 1. The predicted octanol–water partition coefficient (Wildman–Crippen LogP) is 3.46. The molecule has 2 aromatic rings. The topological polar surface area (TPSA) is 47.3 Å². The van der Waals surface area contributed by atoms with Gasteiger partial charge >= 0.3 is 0 Å². The van der Waals surface area contributed by atoms with Gasteiger partial charge in [-0.2, -0.15) is 0 Å². The fourth-order valence-electron chi connectivity index (χ4n) is 1.49. The lowest BCUT2D eigenvalue weighted by Gasteiger charge is -2.10. The van der Waals surface area contributed by atoms with Crippen LogP contribution in [-0.2, 0) is 6.61 Å². The number of nitrogens with zero attached hydrogens (tertiary/aromatic N) is 2. The first kappa shape index (κ1) is 13.1. The SMILES string of the molecule is CCSc1cccc(Cl)c1COc1ccn(O)n1. The average Bonchev–Trinajstić information content (AvgIpc) is 2.75. The Balaban J connectivity index is 2.12. The number of benzene rings is 1. The molecule has 0 saturated carbocycles. The van der Waals surface area contributed by atoms with Crippen LogP contribution in [0.3, 0.4) is 0 Å². The maximum absolute atomic E-state index is 9.04. The molecule has 0 spiro atoms. The lowest BCUT2D eigenvalue weighted by atomic mass is 10.2. The highest BCUT2D eigenvalue weighted by atomic mass is 35.5. The normalized spacial score (nSPS) is 10.6. The number of ether oxygens (including phenoxy) is 1. The van der Waals surface area contributed by atoms with Crippen molar-refractivity contribution >= 4 is 23.4 Å². The van der Waals surface area contributed by atoms with Crippen molar-refractivity contribution in [1.82, 2.24) is 9.94 Å². The molecule has 96 valence electrons. The van der Waals surface area contributed by atoms with E-state index < -0.39 is 0 Å². The van der Waals surface area contributed by atoms with Gasteiger partial charge in [0.05, 0.1) is 6.20 Å². The second-order valence-electron chi connectivity index (χ2n) is 3.51. The van der Waals surface area contributed by atoms with Crippen LogP contribution in [0.5, 0.6) is 5.88 Å². The number of rotatable bonds is 5. The predicted molar refractivity (Wildman–Crippen MR) is 71.6 cm³/mol. The summed E-state index contributed by atoms with van der Waals surface area (Å²) in [4.78, 5) is 1.82. The molecule has 2 rings (SSSR count). The fraction of sp³-hybridized carbons (Fsp3) is 0.250. The minimum atomic E-state index is 0.332.